The van der Waals surface area contributed by atoms with Gasteiger partial charge in [-0.2, -0.15) is 0 Å². The minimum absolute atomic E-state index is 0.160. The van der Waals surface area contributed by atoms with Crippen molar-refractivity contribution in [2.75, 3.05) is 0 Å². The number of carbonyl (C=O) groups excluding carboxylic acids is 1. The topological polar surface area (TPSA) is 55.1 Å². The van der Waals surface area contributed by atoms with Gasteiger partial charge in [0.25, 0.3) is 0 Å². The fourth-order valence-electron chi connectivity index (χ4n) is 2.55. The standard InChI is InChI=1S/C14H19ClN2O/c1-9(5-14(16)18)17-13-7-11(8-13)10-3-2-4-12(15)6-10/h2-4,6,9,11,13,17H,5,7-8H2,1H3,(H2,16,18). The van der Waals surface area contributed by atoms with Crippen molar-refractivity contribution in [2.45, 2.75) is 44.2 Å². The largest absolute Gasteiger partial charge is 0.370 e. The highest BCUT2D eigenvalue weighted by molar-refractivity contribution is 6.30. The van der Waals surface area contributed by atoms with Crippen LogP contribution >= 0.6 is 11.6 Å². The van der Waals surface area contributed by atoms with Crippen molar-refractivity contribution < 1.29 is 4.79 Å². The van der Waals surface area contributed by atoms with E-state index in [9.17, 15) is 4.79 Å². The van der Waals surface area contributed by atoms with Gasteiger partial charge in [0.1, 0.15) is 0 Å². The summed E-state index contributed by atoms with van der Waals surface area (Å²) < 4.78 is 0. The van der Waals surface area contributed by atoms with E-state index in [4.69, 9.17) is 17.3 Å². The van der Waals surface area contributed by atoms with Gasteiger partial charge in [0.05, 0.1) is 0 Å². The third kappa shape index (κ3) is 3.47. The van der Waals surface area contributed by atoms with Crippen molar-refractivity contribution >= 4 is 17.5 Å². The number of benzene rings is 1. The number of carbonyl (C=O) groups is 1. The average molecular weight is 267 g/mol. The maximum absolute atomic E-state index is 10.8. The predicted molar refractivity (Wildman–Crippen MR) is 73.6 cm³/mol. The molecule has 1 aliphatic rings. The summed E-state index contributed by atoms with van der Waals surface area (Å²) in [6.07, 6.45) is 2.60. The molecule has 3 nitrogen and oxygen atoms in total. The summed E-state index contributed by atoms with van der Waals surface area (Å²) >= 11 is 5.98. The van der Waals surface area contributed by atoms with Gasteiger partial charge in [-0.25, -0.2) is 0 Å². The molecule has 0 bridgehead atoms. The first kappa shape index (κ1) is 13.4. The van der Waals surface area contributed by atoms with Crippen LogP contribution in [0.5, 0.6) is 0 Å². The molecule has 1 atom stereocenters. The zero-order valence-electron chi connectivity index (χ0n) is 10.5. The quantitative estimate of drug-likeness (QED) is 0.860. The van der Waals surface area contributed by atoms with Crippen LogP contribution in [-0.2, 0) is 4.79 Å². The van der Waals surface area contributed by atoms with Gasteiger partial charge in [0.2, 0.25) is 5.91 Å². The highest BCUT2D eigenvalue weighted by Gasteiger charge is 2.31. The lowest BCUT2D eigenvalue weighted by molar-refractivity contribution is -0.118. The van der Waals surface area contributed by atoms with E-state index in [-0.39, 0.29) is 11.9 Å². The molecule has 1 fully saturated rings. The number of rotatable bonds is 5. The molecule has 4 heteroatoms. The van der Waals surface area contributed by atoms with E-state index in [1.54, 1.807) is 0 Å². The monoisotopic (exact) mass is 266 g/mol. The molecule has 1 aliphatic carbocycles. The summed E-state index contributed by atoms with van der Waals surface area (Å²) in [5.41, 5.74) is 6.48. The second-order valence-corrected chi connectivity index (χ2v) is 5.59. The molecule has 2 rings (SSSR count). The Kier molecular flexibility index (Phi) is 4.25. The maximum Gasteiger partial charge on any atom is 0.218 e. The van der Waals surface area contributed by atoms with Crippen LogP contribution in [0.4, 0.5) is 0 Å². The van der Waals surface area contributed by atoms with E-state index in [1.165, 1.54) is 5.56 Å². The molecule has 0 radical (unpaired) electrons. The van der Waals surface area contributed by atoms with Crippen molar-refractivity contribution in [1.82, 2.24) is 5.32 Å². The minimum atomic E-state index is -0.249. The molecule has 98 valence electrons. The van der Waals surface area contributed by atoms with E-state index >= 15 is 0 Å². The molecular weight excluding hydrogens is 248 g/mol. The first-order chi connectivity index (χ1) is 8.54. The number of nitrogens with one attached hydrogen (secondary N) is 1. The fourth-order valence-corrected chi connectivity index (χ4v) is 2.75. The lowest BCUT2D eigenvalue weighted by Crippen LogP contribution is -2.45. The van der Waals surface area contributed by atoms with Crippen molar-refractivity contribution in [3.63, 3.8) is 0 Å². The molecule has 1 aromatic carbocycles. The van der Waals surface area contributed by atoms with Crippen LogP contribution in [0.2, 0.25) is 5.02 Å². The van der Waals surface area contributed by atoms with Gasteiger partial charge < -0.3 is 11.1 Å². The Balaban J connectivity index is 1.78. The van der Waals surface area contributed by atoms with E-state index in [1.807, 2.05) is 25.1 Å². The van der Waals surface area contributed by atoms with Gasteiger partial charge in [-0.3, -0.25) is 4.79 Å². The smallest absolute Gasteiger partial charge is 0.218 e. The number of primary amides is 1. The molecule has 0 heterocycles. The maximum atomic E-state index is 10.8. The summed E-state index contributed by atoms with van der Waals surface area (Å²) in [4.78, 5) is 10.8. The van der Waals surface area contributed by atoms with Crippen LogP contribution in [0.15, 0.2) is 24.3 Å². The third-order valence-electron chi connectivity index (χ3n) is 3.49. The Bertz CT molecular complexity index is 430. The zero-order valence-corrected chi connectivity index (χ0v) is 11.3. The van der Waals surface area contributed by atoms with Gasteiger partial charge in [-0.1, -0.05) is 23.7 Å². The molecule has 3 N–H and O–H groups in total. The number of halogens is 1. The molecule has 1 aromatic rings. The van der Waals surface area contributed by atoms with Crippen LogP contribution < -0.4 is 11.1 Å². The summed E-state index contributed by atoms with van der Waals surface area (Å²) in [7, 11) is 0. The number of hydrogen-bond acceptors (Lipinski definition) is 2. The lowest BCUT2D eigenvalue weighted by atomic mass is 9.75. The Hall–Kier alpha value is -1.06. The summed E-state index contributed by atoms with van der Waals surface area (Å²) in [5, 5.41) is 4.23. The van der Waals surface area contributed by atoms with E-state index in [2.05, 4.69) is 11.4 Å². The minimum Gasteiger partial charge on any atom is -0.370 e. The molecule has 1 unspecified atom stereocenters. The van der Waals surface area contributed by atoms with Crippen LogP contribution in [-0.4, -0.2) is 18.0 Å². The Labute approximate surface area is 113 Å². The summed E-state index contributed by atoms with van der Waals surface area (Å²) in [6, 6.07) is 8.70. The fraction of sp³-hybridized carbons (Fsp3) is 0.500. The molecule has 1 saturated carbocycles. The highest BCUT2D eigenvalue weighted by atomic mass is 35.5. The van der Waals surface area contributed by atoms with Crippen LogP contribution in [0.1, 0.15) is 37.7 Å². The van der Waals surface area contributed by atoms with Gasteiger partial charge in [0, 0.05) is 23.5 Å². The molecule has 0 saturated heterocycles. The lowest BCUT2D eigenvalue weighted by Gasteiger charge is -2.38. The second kappa shape index (κ2) is 5.72. The number of amides is 1. The Morgan fingerprint density at radius 2 is 2.28 bits per heavy atom. The average Bonchev–Trinajstić information content (AvgIpc) is 2.21. The molecule has 1 amide bonds. The zero-order chi connectivity index (χ0) is 13.1. The summed E-state index contributed by atoms with van der Waals surface area (Å²) in [6.45, 7) is 2.00. The Morgan fingerprint density at radius 1 is 1.56 bits per heavy atom. The molecular formula is C14H19ClN2O. The normalized spacial score (nSPS) is 24.3. The first-order valence-corrected chi connectivity index (χ1v) is 6.72. The van der Waals surface area contributed by atoms with E-state index in [0.29, 0.717) is 18.4 Å². The summed E-state index contributed by atoms with van der Waals surface area (Å²) in [5.74, 6) is 0.336. The predicted octanol–water partition coefficient (Wildman–Crippen LogP) is 2.44. The van der Waals surface area contributed by atoms with Crippen molar-refractivity contribution in [3.05, 3.63) is 34.9 Å². The third-order valence-corrected chi connectivity index (χ3v) is 3.72. The number of hydrogen-bond donors (Lipinski definition) is 2. The van der Waals surface area contributed by atoms with Crippen LogP contribution in [0.3, 0.4) is 0 Å². The van der Waals surface area contributed by atoms with Crippen LogP contribution in [0, 0.1) is 0 Å². The molecule has 0 aliphatic heterocycles. The second-order valence-electron chi connectivity index (χ2n) is 5.16. The Morgan fingerprint density at radius 3 is 2.89 bits per heavy atom. The van der Waals surface area contributed by atoms with Crippen molar-refractivity contribution in [1.29, 1.82) is 0 Å². The SMILES string of the molecule is CC(CC(N)=O)NC1CC(c2cccc(Cl)c2)C1. The van der Waals surface area contributed by atoms with Crippen molar-refractivity contribution in [2.24, 2.45) is 5.73 Å². The van der Waals surface area contributed by atoms with Gasteiger partial charge >= 0.3 is 0 Å². The van der Waals surface area contributed by atoms with Crippen LogP contribution in [0.25, 0.3) is 0 Å². The highest BCUT2D eigenvalue weighted by Crippen LogP contribution is 2.37. The van der Waals surface area contributed by atoms with Crippen molar-refractivity contribution in [3.8, 4) is 0 Å². The number of nitrogens with two attached hydrogens (primary N) is 1. The molecule has 18 heavy (non-hydrogen) atoms. The van der Waals surface area contributed by atoms with Gasteiger partial charge in [0.15, 0.2) is 0 Å². The van der Waals surface area contributed by atoms with E-state index < -0.39 is 0 Å². The molecule has 0 spiro atoms. The molecule has 0 aromatic heterocycles. The van der Waals surface area contributed by atoms with Gasteiger partial charge in [-0.15, -0.1) is 0 Å². The first-order valence-electron chi connectivity index (χ1n) is 6.34. The van der Waals surface area contributed by atoms with E-state index in [0.717, 1.165) is 17.9 Å². The van der Waals surface area contributed by atoms with Gasteiger partial charge in [-0.05, 0) is 43.4 Å².